The highest BCUT2D eigenvalue weighted by Gasteiger charge is 2.21. The van der Waals surface area contributed by atoms with E-state index >= 15 is 0 Å². The van der Waals surface area contributed by atoms with Crippen molar-refractivity contribution in [3.05, 3.63) is 17.5 Å². The molecular formula is C13H24N4O. The van der Waals surface area contributed by atoms with Crippen molar-refractivity contribution in [2.24, 2.45) is 5.73 Å². The Labute approximate surface area is 109 Å². The van der Waals surface area contributed by atoms with Crippen LogP contribution in [0.15, 0.2) is 6.07 Å². The number of amides is 1. The Bertz CT molecular complexity index is 400. The van der Waals surface area contributed by atoms with Crippen molar-refractivity contribution >= 4 is 5.91 Å². The van der Waals surface area contributed by atoms with Gasteiger partial charge in [0.05, 0.1) is 5.69 Å². The zero-order chi connectivity index (χ0) is 13.7. The molecule has 0 aliphatic heterocycles. The van der Waals surface area contributed by atoms with E-state index in [9.17, 15) is 4.79 Å². The van der Waals surface area contributed by atoms with Gasteiger partial charge in [-0.3, -0.25) is 9.48 Å². The molecule has 1 rings (SSSR count). The summed E-state index contributed by atoms with van der Waals surface area (Å²) in [6, 6.07) is 2.03. The summed E-state index contributed by atoms with van der Waals surface area (Å²) in [6.45, 7) is 7.34. The summed E-state index contributed by atoms with van der Waals surface area (Å²) in [4.78, 5) is 14.1. The van der Waals surface area contributed by atoms with Crippen LogP contribution in [-0.2, 0) is 13.0 Å². The first-order chi connectivity index (χ1) is 8.54. The second-order valence-corrected chi connectivity index (χ2v) is 4.53. The van der Waals surface area contributed by atoms with Gasteiger partial charge in [0.25, 0.3) is 5.91 Å². The van der Waals surface area contributed by atoms with Crippen LogP contribution in [-0.4, -0.2) is 40.2 Å². The molecule has 1 unspecified atom stereocenters. The summed E-state index contributed by atoms with van der Waals surface area (Å²) in [5.74, 6) is 0.0185. The summed E-state index contributed by atoms with van der Waals surface area (Å²) in [7, 11) is 1.82. The normalized spacial score (nSPS) is 12.5. The van der Waals surface area contributed by atoms with E-state index in [1.165, 1.54) is 0 Å². The van der Waals surface area contributed by atoms with Crippen molar-refractivity contribution in [1.82, 2.24) is 14.7 Å². The van der Waals surface area contributed by atoms with Crippen LogP contribution in [0.25, 0.3) is 0 Å². The van der Waals surface area contributed by atoms with E-state index in [0.717, 1.165) is 18.5 Å². The van der Waals surface area contributed by atoms with Crippen LogP contribution < -0.4 is 5.73 Å². The Morgan fingerprint density at radius 2 is 2.22 bits per heavy atom. The number of hydrogen-bond donors (Lipinski definition) is 1. The van der Waals surface area contributed by atoms with Crippen LogP contribution in [0.2, 0.25) is 0 Å². The lowest BCUT2D eigenvalue weighted by molar-refractivity contribution is 0.0726. The van der Waals surface area contributed by atoms with Gasteiger partial charge in [0, 0.05) is 19.6 Å². The molecule has 1 heterocycles. The Balaban J connectivity index is 2.91. The van der Waals surface area contributed by atoms with Gasteiger partial charge in [-0.05, 0) is 39.3 Å². The predicted octanol–water partition coefficient (Wildman–Crippen LogP) is 1.27. The first kappa shape index (κ1) is 14.7. The zero-order valence-corrected chi connectivity index (χ0v) is 11.8. The first-order valence-electron chi connectivity index (χ1n) is 6.59. The molecule has 5 heteroatoms. The van der Waals surface area contributed by atoms with E-state index in [-0.39, 0.29) is 11.9 Å². The SMILES string of the molecule is CCc1cc(C(=O)N(C)C(C)CCN)n(CC)n1. The van der Waals surface area contributed by atoms with Crippen LogP contribution >= 0.6 is 0 Å². The fourth-order valence-electron chi connectivity index (χ4n) is 1.87. The van der Waals surface area contributed by atoms with Gasteiger partial charge in [0.15, 0.2) is 0 Å². The van der Waals surface area contributed by atoms with Gasteiger partial charge in [0.1, 0.15) is 5.69 Å². The maximum absolute atomic E-state index is 12.4. The summed E-state index contributed by atoms with van der Waals surface area (Å²) in [5, 5.41) is 4.40. The zero-order valence-electron chi connectivity index (χ0n) is 11.8. The van der Waals surface area contributed by atoms with E-state index < -0.39 is 0 Å². The Morgan fingerprint density at radius 1 is 1.56 bits per heavy atom. The van der Waals surface area contributed by atoms with E-state index in [0.29, 0.717) is 18.8 Å². The van der Waals surface area contributed by atoms with Crippen molar-refractivity contribution in [2.75, 3.05) is 13.6 Å². The lowest BCUT2D eigenvalue weighted by atomic mass is 10.2. The molecule has 0 spiro atoms. The highest BCUT2D eigenvalue weighted by Crippen LogP contribution is 2.11. The molecule has 0 saturated heterocycles. The first-order valence-corrected chi connectivity index (χ1v) is 6.59. The Hall–Kier alpha value is -1.36. The number of aryl methyl sites for hydroxylation is 2. The summed E-state index contributed by atoms with van der Waals surface area (Å²) >= 11 is 0. The third-order valence-electron chi connectivity index (χ3n) is 3.28. The van der Waals surface area contributed by atoms with Gasteiger partial charge in [-0.15, -0.1) is 0 Å². The van der Waals surface area contributed by atoms with Crippen LogP contribution in [0, 0.1) is 0 Å². The molecule has 0 aliphatic carbocycles. The number of nitrogens with two attached hydrogens (primary N) is 1. The molecule has 1 atom stereocenters. The molecule has 5 nitrogen and oxygen atoms in total. The van der Waals surface area contributed by atoms with Gasteiger partial charge < -0.3 is 10.6 Å². The average molecular weight is 252 g/mol. The molecule has 0 bridgehead atoms. The fourth-order valence-corrected chi connectivity index (χ4v) is 1.87. The molecule has 1 amide bonds. The lowest BCUT2D eigenvalue weighted by Gasteiger charge is -2.24. The predicted molar refractivity (Wildman–Crippen MR) is 72.5 cm³/mol. The summed E-state index contributed by atoms with van der Waals surface area (Å²) in [5.41, 5.74) is 7.16. The number of hydrogen-bond acceptors (Lipinski definition) is 3. The third kappa shape index (κ3) is 3.10. The number of nitrogens with zero attached hydrogens (tertiary/aromatic N) is 3. The molecule has 0 aromatic carbocycles. The molecule has 2 N–H and O–H groups in total. The second kappa shape index (κ2) is 6.54. The van der Waals surface area contributed by atoms with Crippen LogP contribution in [0.1, 0.15) is 43.4 Å². The third-order valence-corrected chi connectivity index (χ3v) is 3.28. The minimum Gasteiger partial charge on any atom is -0.338 e. The Kier molecular flexibility index (Phi) is 5.34. The van der Waals surface area contributed by atoms with Gasteiger partial charge in [-0.2, -0.15) is 5.10 Å². The quantitative estimate of drug-likeness (QED) is 0.829. The fraction of sp³-hybridized carbons (Fsp3) is 0.692. The number of carbonyl (C=O) groups is 1. The van der Waals surface area contributed by atoms with Crippen molar-refractivity contribution in [3.8, 4) is 0 Å². The van der Waals surface area contributed by atoms with Gasteiger partial charge in [-0.25, -0.2) is 0 Å². The van der Waals surface area contributed by atoms with E-state index in [1.54, 1.807) is 9.58 Å². The van der Waals surface area contributed by atoms with Crippen molar-refractivity contribution in [3.63, 3.8) is 0 Å². The summed E-state index contributed by atoms with van der Waals surface area (Å²) in [6.07, 6.45) is 1.65. The Morgan fingerprint density at radius 3 is 2.72 bits per heavy atom. The molecule has 18 heavy (non-hydrogen) atoms. The smallest absolute Gasteiger partial charge is 0.272 e. The topological polar surface area (TPSA) is 64.2 Å². The largest absolute Gasteiger partial charge is 0.338 e. The maximum Gasteiger partial charge on any atom is 0.272 e. The van der Waals surface area contributed by atoms with E-state index in [2.05, 4.69) is 5.10 Å². The molecule has 1 aromatic heterocycles. The number of aromatic nitrogens is 2. The molecule has 1 aromatic rings. The molecule has 0 radical (unpaired) electrons. The summed E-state index contributed by atoms with van der Waals surface area (Å²) < 4.78 is 1.77. The van der Waals surface area contributed by atoms with Crippen LogP contribution in [0.3, 0.4) is 0 Å². The average Bonchev–Trinajstić information content (AvgIpc) is 2.80. The van der Waals surface area contributed by atoms with Crippen molar-refractivity contribution in [2.45, 2.75) is 46.2 Å². The highest BCUT2D eigenvalue weighted by molar-refractivity contribution is 5.92. The van der Waals surface area contributed by atoms with Gasteiger partial charge in [0.2, 0.25) is 0 Å². The minimum absolute atomic E-state index is 0.0185. The molecular weight excluding hydrogens is 228 g/mol. The van der Waals surface area contributed by atoms with Crippen molar-refractivity contribution in [1.29, 1.82) is 0 Å². The molecule has 0 fully saturated rings. The van der Waals surface area contributed by atoms with E-state index in [1.807, 2.05) is 33.9 Å². The standard InChI is InChI=1S/C13H24N4O/c1-5-11-9-12(17(6-2)15-11)13(18)16(4)10(3)7-8-14/h9-10H,5-8,14H2,1-4H3. The minimum atomic E-state index is 0.0185. The number of carbonyl (C=O) groups excluding carboxylic acids is 1. The number of rotatable bonds is 6. The van der Waals surface area contributed by atoms with Gasteiger partial charge in [-0.1, -0.05) is 6.92 Å². The van der Waals surface area contributed by atoms with Crippen LogP contribution in [0.5, 0.6) is 0 Å². The van der Waals surface area contributed by atoms with Gasteiger partial charge >= 0.3 is 0 Å². The van der Waals surface area contributed by atoms with Crippen LogP contribution in [0.4, 0.5) is 0 Å². The second-order valence-electron chi connectivity index (χ2n) is 4.53. The monoisotopic (exact) mass is 252 g/mol. The van der Waals surface area contributed by atoms with E-state index in [4.69, 9.17) is 5.73 Å². The molecule has 102 valence electrons. The lowest BCUT2D eigenvalue weighted by Crippen LogP contribution is -2.37. The molecule has 0 aliphatic rings. The van der Waals surface area contributed by atoms with Crippen molar-refractivity contribution < 1.29 is 4.79 Å². The maximum atomic E-state index is 12.4. The highest BCUT2D eigenvalue weighted by atomic mass is 16.2. The molecule has 0 saturated carbocycles.